The molecule has 2 rings (SSSR count). The van der Waals surface area contributed by atoms with Crippen LogP contribution in [0.5, 0.6) is 0 Å². The lowest BCUT2D eigenvalue weighted by Gasteiger charge is -2.20. The molecule has 0 bridgehead atoms. The summed E-state index contributed by atoms with van der Waals surface area (Å²) in [5, 5.41) is 8.87. The Labute approximate surface area is 151 Å². The first-order valence-corrected chi connectivity index (χ1v) is 8.20. The summed E-state index contributed by atoms with van der Waals surface area (Å²) in [6.45, 7) is 3.06. The molecule has 0 heterocycles. The average Bonchev–Trinajstić information content (AvgIpc) is 2.66. The van der Waals surface area contributed by atoms with Crippen molar-refractivity contribution in [1.29, 1.82) is 0 Å². The molecular weight excluding hydrogens is 334 g/mol. The molecule has 3 N–H and O–H groups in total. The highest BCUT2D eigenvalue weighted by Crippen LogP contribution is 2.21. The molecule has 0 radical (unpaired) electrons. The van der Waals surface area contributed by atoms with E-state index >= 15 is 0 Å². The van der Waals surface area contributed by atoms with E-state index in [1.807, 2.05) is 6.07 Å². The number of ether oxygens (including phenoxy) is 1. The number of carbonyl (C=O) groups is 3. The minimum absolute atomic E-state index is 0.144. The van der Waals surface area contributed by atoms with Gasteiger partial charge in [0.2, 0.25) is 0 Å². The number of carboxylic acid groups (broad SMARTS) is 1. The monoisotopic (exact) mass is 355 g/mol. The van der Waals surface area contributed by atoms with Crippen LogP contribution in [-0.2, 0) is 14.3 Å². The van der Waals surface area contributed by atoms with Gasteiger partial charge in [-0.2, -0.15) is 0 Å². The SMILES string of the molecule is CC(OC(=O)[C@H](C)c1cccc(C(=O)c2ccccc2)c1)C(N)C(=O)O. The van der Waals surface area contributed by atoms with Gasteiger partial charge in [0.05, 0.1) is 5.92 Å². The molecule has 0 saturated heterocycles. The largest absolute Gasteiger partial charge is 0.480 e. The third-order valence-electron chi connectivity index (χ3n) is 4.13. The number of nitrogens with two attached hydrogens (primary N) is 1. The van der Waals surface area contributed by atoms with Crippen LogP contribution < -0.4 is 5.73 Å². The fraction of sp³-hybridized carbons (Fsp3) is 0.250. The Morgan fingerprint density at radius 1 is 0.962 bits per heavy atom. The number of hydrogen-bond donors (Lipinski definition) is 2. The highest BCUT2D eigenvalue weighted by atomic mass is 16.5. The van der Waals surface area contributed by atoms with Crippen molar-refractivity contribution < 1.29 is 24.2 Å². The first-order valence-electron chi connectivity index (χ1n) is 8.20. The molecule has 0 aliphatic heterocycles. The molecule has 0 aliphatic rings. The zero-order chi connectivity index (χ0) is 19.3. The Balaban J connectivity index is 2.15. The van der Waals surface area contributed by atoms with Crippen molar-refractivity contribution in [2.24, 2.45) is 5.73 Å². The lowest BCUT2D eigenvalue weighted by molar-refractivity contribution is -0.154. The van der Waals surface area contributed by atoms with Gasteiger partial charge in [0, 0.05) is 11.1 Å². The fourth-order valence-corrected chi connectivity index (χ4v) is 2.40. The Kier molecular flexibility index (Phi) is 6.25. The van der Waals surface area contributed by atoms with Gasteiger partial charge in [0.15, 0.2) is 5.78 Å². The summed E-state index contributed by atoms with van der Waals surface area (Å²) in [4.78, 5) is 35.7. The minimum atomic E-state index is -1.29. The van der Waals surface area contributed by atoms with E-state index in [2.05, 4.69) is 0 Å². The van der Waals surface area contributed by atoms with E-state index in [1.54, 1.807) is 55.5 Å². The predicted molar refractivity (Wildman–Crippen MR) is 95.9 cm³/mol. The summed E-state index contributed by atoms with van der Waals surface area (Å²) in [6.07, 6.45) is -0.961. The quantitative estimate of drug-likeness (QED) is 0.583. The molecule has 0 fully saturated rings. The molecule has 26 heavy (non-hydrogen) atoms. The second kappa shape index (κ2) is 8.40. The molecule has 0 amide bonds. The highest BCUT2D eigenvalue weighted by molar-refractivity contribution is 6.09. The summed E-state index contributed by atoms with van der Waals surface area (Å²) >= 11 is 0. The lowest BCUT2D eigenvalue weighted by Crippen LogP contribution is -2.43. The number of hydrogen-bond acceptors (Lipinski definition) is 5. The molecule has 2 aromatic rings. The number of rotatable bonds is 7. The Hall–Kier alpha value is -2.99. The Morgan fingerprint density at radius 2 is 1.58 bits per heavy atom. The standard InChI is InChI=1S/C20H21NO5/c1-12(20(25)26-13(2)17(21)19(23)24)15-9-6-10-16(11-15)18(22)14-7-4-3-5-8-14/h3-13,17H,21H2,1-2H3,(H,23,24)/t12-,13?,17?/m1/s1. The second-order valence-electron chi connectivity index (χ2n) is 6.05. The molecule has 3 atom stereocenters. The van der Waals surface area contributed by atoms with Gasteiger partial charge in [0.1, 0.15) is 12.1 Å². The zero-order valence-electron chi connectivity index (χ0n) is 14.6. The van der Waals surface area contributed by atoms with Gasteiger partial charge < -0.3 is 15.6 Å². The van der Waals surface area contributed by atoms with Gasteiger partial charge in [0.25, 0.3) is 0 Å². The maximum atomic E-state index is 12.5. The maximum Gasteiger partial charge on any atom is 0.324 e. The molecule has 136 valence electrons. The van der Waals surface area contributed by atoms with Crippen LogP contribution in [0.3, 0.4) is 0 Å². The van der Waals surface area contributed by atoms with Crippen molar-refractivity contribution in [2.75, 3.05) is 0 Å². The van der Waals surface area contributed by atoms with Gasteiger partial charge in [-0.25, -0.2) is 0 Å². The number of benzene rings is 2. The highest BCUT2D eigenvalue weighted by Gasteiger charge is 2.26. The molecule has 0 aliphatic carbocycles. The predicted octanol–water partition coefficient (Wildman–Crippen LogP) is 2.36. The van der Waals surface area contributed by atoms with E-state index in [9.17, 15) is 14.4 Å². The van der Waals surface area contributed by atoms with E-state index in [0.29, 0.717) is 16.7 Å². The second-order valence-corrected chi connectivity index (χ2v) is 6.05. The topological polar surface area (TPSA) is 107 Å². The smallest absolute Gasteiger partial charge is 0.324 e. The van der Waals surface area contributed by atoms with Crippen LogP contribution in [0.4, 0.5) is 0 Å². The third kappa shape index (κ3) is 4.55. The molecule has 2 aromatic carbocycles. The van der Waals surface area contributed by atoms with E-state index in [0.717, 1.165) is 0 Å². The van der Waals surface area contributed by atoms with Crippen LogP contribution in [-0.4, -0.2) is 35.0 Å². The van der Waals surface area contributed by atoms with Crippen molar-refractivity contribution in [2.45, 2.75) is 31.9 Å². The Morgan fingerprint density at radius 3 is 2.19 bits per heavy atom. The van der Waals surface area contributed by atoms with Crippen LogP contribution in [0, 0.1) is 0 Å². The van der Waals surface area contributed by atoms with Crippen molar-refractivity contribution in [3.63, 3.8) is 0 Å². The number of carbonyl (C=O) groups excluding carboxylic acids is 2. The van der Waals surface area contributed by atoms with Crippen LogP contribution in [0.25, 0.3) is 0 Å². The maximum absolute atomic E-state index is 12.5. The molecule has 0 saturated carbocycles. The van der Waals surface area contributed by atoms with E-state index in [4.69, 9.17) is 15.6 Å². The number of esters is 1. The summed E-state index contributed by atoms with van der Waals surface area (Å²) < 4.78 is 5.14. The normalized spacial score (nSPS) is 14.1. The van der Waals surface area contributed by atoms with Crippen molar-refractivity contribution in [3.8, 4) is 0 Å². The molecule has 2 unspecified atom stereocenters. The van der Waals surface area contributed by atoms with E-state index < -0.39 is 30.0 Å². The first kappa shape index (κ1) is 19.3. The van der Waals surface area contributed by atoms with Crippen LogP contribution >= 0.6 is 0 Å². The van der Waals surface area contributed by atoms with Gasteiger partial charge in [-0.05, 0) is 25.5 Å². The first-order chi connectivity index (χ1) is 12.3. The molecule has 0 aromatic heterocycles. The fourth-order valence-electron chi connectivity index (χ4n) is 2.40. The summed E-state index contributed by atoms with van der Waals surface area (Å²) in [6, 6.07) is 14.3. The molecule has 6 nitrogen and oxygen atoms in total. The summed E-state index contributed by atoms with van der Waals surface area (Å²) in [5.41, 5.74) is 7.08. The van der Waals surface area contributed by atoms with E-state index in [1.165, 1.54) is 6.92 Å². The van der Waals surface area contributed by atoms with Gasteiger partial charge in [-0.1, -0.05) is 48.5 Å². The number of ketones is 1. The summed E-state index contributed by atoms with van der Waals surface area (Å²) in [5.74, 6) is -2.65. The number of aliphatic carboxylic acids is 1. The summed E-state index contributed by atoms with van der Waals surface area (Å²) in [7, 11) is 0. The van der Waals surface area contributed by atoms with Gasteiger partial charge in [-0.3, -0.25) is 14.4 Å². The van der Waals surface area contributed by atoms with Gasteiger partial charge in [-0.15, -0.1) is 0 Å². The van der Waals surface area contributed by atoms with E-state index in [-0.39, 0.29) is 5.78 Å². The van der Waals surface area contributed by atoms with Crippen molar-refractivity contribution in [3.05, 3.63) is 71.3 Å². The number of carboxylic acids is 1. The molecular formula is C20H21NO5. The minimum Gasteiger partial charge on any atom is -0.480 e. The van der Waals surface area contributed by atoms with Crippen LogP contribution in [0.15, 0.2) is 54.6 Å². The molecule has 0 spiro atoms. The Bertz CT molecular complexity index is 803. The third-order valence-corrected chi connectivity index (χ3v) is 4.13. The van der Waals surface area contributed by atoms with Crippen molar-refractivity contribution in [1.82, 2.24) is 0 Å². The van der Waals surface area contributed by atoms with Crippen molar-refractivity contribution >= 4 is 17.7 Å². The van der Waals surface area contributed by atoms with Gasteiger partial charge >= 0.3 is 11.9 Å². The van der Waals surface area contributed by atoms with Crippen LogP contribution in [0.1, 0.15) is 41.3 Å². The zero-order valence-corrected chi connectivity index (χ0v) is 14.6. The average molecular weight is 355 g/mol. The van der Waals surface area contributed by atoms with Crippen LogP contribution in [0.2, 0.25) is 0 Å². The lowest BCUT2D eigenvalue weighted by atomic mass is 9.95. The molecule has 6 heteroatoms.